The molecule has 0 radical (unpaired) electrons. The van der Waals surface area contributed by atoms with Crippen molar-refractivity contribution in [2.45, 2.75) is 31.0 Å². The third-order valence-corrected chi connectivity index (χ3v) is 4.59. The lowest BCUT2D eigenvalue weighted by molar-refractivity contribution is -0.114. The summed E-state index contributed by atoms with van der Waals surface area (Å²) in [6.07, 6.45) is -1.86. The van der Waals surface area contributed by atoms with Gasteiger partial charge in [0, 0.05) is 6.20 Å². The normalized spacial score (nSPS) is 31.7. The Bertz CT molecular complexity index is 918. The van der Waals surface area contributed by atoms with Crippen LogP contribution in [0.5, 0.6) is 0 Å². The Morgan fingerprint density at radius 3 is 2.92 bits per heavy atom. The molecule has 2 aromatic rings. The molecule has 11 nitrogen and oxygen atoms in total. The van der Waals surface area contributed by atoms with Gasteiger partial charge in [0.2, 0.25) is 5.91 Å². The number of H-pyrrole nitrogens is 1. The Hall–Kier alpha value is -2.47. The van der Waals surface area contributed by atoms with E-state index in [1.165, 1.54) is 11.5 Å². The Balaban J connectivity index is 1.93. The van der Waals surface area contributed by atoms with Crippen molar-refractivity contribution in [3.63, 3.8) is 0 Å². The third-order valence-electron chi connectivity index (χ3n) is 4.59. The van der Waals surface area contributed by atoms with Crippen LogP contribution >= 0.6 is 0 Å². The summed E-state index contributed by atoms with van der Waals surface area (Å²) >= 11 is 0. The first kappa shape index (κ1) is 16.0. The quantitative estimate of drug-likeness (QED) is 0.365. The predicted molar refractivity (Wildman–Crippen MR) is 85.1 cm³/mol. The molecule has 4 rings (SSSR count). The van der Waals surface area contributed by atoms with E-state index in [0.717, 1.165) is 0 Å². The number of aliphatic hydroxyl groups is 3. The third kappa shape index (κ3) is 2.24. The standard InChI is InChI=1S/C14H17N5O6/c1-14(24)9(22)6(4-20)25-12(14)19-3-5-8-10(16-7(21)2-15-5)17-13(23)18-11(8)19/h3,6,9,12,15,20,22,24H,2,4H2,1H3,(H2,16,17,18,21,23)/t6-,9-,12?,14-/m1/s1. The smallest absolute Gasteiger partial charge is 0.348 e. The number of aromatic nitrogens is 3. The highest BCUT2D eigenvalue weighted by molar-refractivity contribution is 6.08. The molecule has 2 aliphatic rings. The summed E-state index contributed by atoms with van der Waals surface area (Å²) in [6, 6.07) is 0. The SMILES string of the molecule is C[C@]1(O)C(n2cc3c4c([nH]c(=O)nc42)NC(=O)CN3)O[C@H](CO)[C@H]1O. The molecular weight excluding hydrogens is 334 g/mol. The minimum absolute atomic E-state index is 0.0143. The van der Waals surface area contributed by atoms with Crippen LogP contribution in [0.2, 0.25) is 0 Å². The Morgan fingerprint density at radius 2 is 2.24 bits per heavy atom. The van der Waals surface area contributed by atoms with E-state index in [-0.39, 0.29) is 23.9 Å². The van der Waals surface area contributed by atoms with Crippen LogP contribution in [0, 0.1) is 0 Å². The Kier molecular flexibility index (Phi) is 3.37. The van der Waals surface area contributed by atoms with Gasteiger partial charge in [-0.3, -0.25) is 9.78 Å². The molecule has 6 N–H and O–H groups in total. The summed E-state index contributed by atoms with van der Waals surface area (Å²) in [5.41, 5.74) is -1.74. The van der Waals surface area contributed by atoms with Gasteiger partial charge in [-0.25, -0.2) is 4.79 Å². The van der Waals surface area contributed by atoms with Gasteiger partial charge in [0.1, 0.15) is 23.6 Å². The number of aromatic amines is 1. The number of hydrogen-bond donors (Lipinski definition) is 6. The maximum absolute atomic E-state index is 11.9. The van der Waals surface area contributed by atoms with Gasteiger partial charge in [-0.2, -0.15) is 4.98 Å². The molecule has 134 valence electrons. The molecule has 1 unspecified atom stereocenters. The number of anilines is 2. The zero-order valence-electron chi connectivity index (χ0n) is 13.2. The molecular formula is C14H17N5O6. The maximum atomic E-state index is 11.9. The number of amides is 1. The van der Waals surface area contributed by atoms with Gasteiger partial charge in [0.05, 0.1) is 24.2 Å². The fraction of sp³-hybridized carbons (Fsp3) is 0.500. The van der Waals surface area contributed by atoms with Crippen LogP contribution in [0.15, 0.2) is 11.0 Å². The highest BCUT2D eigenvalue weighted by Crippen LogP contribution is 2.42. The molecule has 11 heteroatoms. The van der Waals surface area contributed by atoms with Crippen molar-refractivity contribution in [1.29, 1.82) is 0 Å². The van der Waals surface area contributed by atoms with Crippen molar-refractivity contribution in [2.75, 3.05) is 23.8 Å². The van der Waals surface area contributed by atoms with Crippen LogP contribution in [0.25, 0.3) is 11.0 Å². The number of carbonyl (C=O) groups is 1. The number of nitrogens with zero attached hydrogens (tertiary/aromatic N) is 2. The van der Waals surface area contributed by atoms with E-state index in [9.17, 15) is 24.9 Å². The highest BCUT2D eigenvalue weighted by Gasteiger charge is 2.53. The molecule has 0 aliphatic carbocycles. The van der Waals surface area contributed by atoms with Gasteiger partial charge in [-0.1, -0.05) is 0 Å². The average molecular weight is 351 g/mol. The second kappa shape index (κ2) is 5.26. The number of carbonyl (C=O) groups excluding carboxylic acids is 1. The topological polar surface area (TPSA) is 162 Å². The molecule has 1 fully saturated rings. The molecule has 1 saturated heterocycles. The van der Waals surface area contributed by atoms with Crippen molar-refractivity contribution in [2.24, 2.45) is 0 Å². The zero-order chi connectivity index (χ0) is 17.9. The van der Waals surface area contributed by atoms with Crippen LogP contribution < -0.4 is 16.3 Å². The zero-order valence-corrected chi connectivity index (χ0v) is 13.2. The summed E-state index contributed by atoms with van der Waals surface area (Å²) < 4.78 is 7.00. The molecule has 1 amide bonds. The average Bonchev–Trinajstić information content (AvgIpc) is 2.94. The number of hydrogen-bond acceptors (Lipinski definition) is 8. The van der Waals surface area contributed by atoms with Crippen LogP contribution in [0.1, 0.15) is 13.2 Å². The van der Waals surface area contributed by atoms with Crippen LogP contribution in [0.3, 0.4) is 0 Å². The van der Waals surface area contributed by atoms with E-state index >= 15 is 0 Å². The predicted octanol–water partition coefficient (Wildman–Crippen LogP) is -1.91. The minimum Gasteiger partial charge on any atom is -0.394 e. The summed E-state index contributed by atoms with van der Waals surface area (Å²) in [5.74, 6) is -0.138. The van der Waals surface area contributed by atoms with E-state index < -0.39 is 36.3 Å². The second-order valence-electron chi connectivity index (χ2n) is 6.35. The number of nitrogens with one attached hydrogen (secondary N) is 3. The first-order valence-electron chi connectivity index (χ1n) is 7.68. The fourth-order valence-corrected chi connectivity index (χ4v) is 3.32. The van der Waals surface area contributed by atoms with Crippen LogP contribution in [-0.4, -0.2) is 66.7 Å². The van der Waals surface area contributed by atoms with Crippen LogP contribution in [-0.2, 0) is 9.53 Å². The Labute approximate surface area is 140 Å². The molecule has 2 aromatic heterocycles. The first-order valence-corrected chi connectivity index (χ1v) is 7.68. The minimum atomic E-state index is -1.73. The molecule has 2 aliphatic heterocycles. The monoisotopic (exact) mass is 351 g/mol. The Morgan fingerprint density at radius 1 is 1.48 bits per heavy atom. The van der Waals surface area contributed by atoms with Crippen molar-refractivity contribution < 1.29 is 24.9 Å². The summed E-state index contributed by atoms with van der Waals surface area (Å²) in [5, 5.41) is 36.1. The number of rotatable bonds is 2. The van der Waals surface area contributed by atoms with Gasteiger partial charge in [0.25, 0.3) is 0 Å². The molecule has 4 atom stereocenters. The molecule has 0 spiro atoms. The maximum Gasteiger partial charge on any atom is 0.348 e. The second-order valence-corrected chi connectivity index (χ2v) is 6.35. The van der Waals surface area contributed by atoms with E-state index in [4.69, 9.17) is 4.74 Å². The van der Waals surface area contributed by atoms with Crippen LogP contribution in [0.4, 0.5) is 11.5 Å². The van der Waals surface area contributed by atoms with E-state index in [1.807, 2.05) is 0 Å². The van der Waals surface area contributed by atoms with Gasteiger partial charge in [0.15, 0.2) is 11.9 Å². The van der Waals surface area contributed by atoms with Crippen molar-refractivity contribution in [1.82, 2.24) is 14.5 Å². The van der Waals surface area contributed by atoms with Crippen molar-refractivity contribution in [3.05, 3.63) is 16.7 Å². The number of aliphatic hydroxyl groups excluding tert-OH is 2. The molecule has 0 saturated carbocycles. The van der Waals surface area contributed by atoms with Gasteiger partial charge < -0.3 is 35.3 Å². The lowest BCUT2D eigenvalue weighted by atomic mass is 9.96. The molecule has 0 aromatic carbocycles. The van der Waals surface area contributed by atoms with Gasteiger partial charge in [-0.15, -0.1) is 0 Å². The van der Waals surface area contributed by atoms with Crippen molar-refractivity contribution >= 4 is 28.4 Å². The van der Waals surface area contributed by atoms with E-state index in [0.29, 0.717) is 11.1 Å². The molecule has 0 bridgehead atoms. The lowest BCUT2D eigenvalue weighted by Gasteiger charge is -2.27. The van der Waals surface area contributed by atoms with E-state index in [1.54, 1.807) is 6.20 Å². The first-order chi connectivity index (χ1) is 11.8. The highest BCUT2D eigenvalue weighted by atomic mass is 16.6. The van der Waals surface area contributed by atoms with E-state index in [2.05, 4.69) is 20.6 Å². The van der Waals surface area contributed by atoms with Crippen molar-refractivity contribution in [3.8, 4) is 0 Å². The summed E-state index contributed by atoms with van der Waals surface area (Å²) in [6.45, 7) is 0.881. The van der Waals surface area contributed by atoms with Gasteiger partial charge >= 0.3 is 5.69 Å². The molecule has 4 heterocycles. The largest absolute Gasteiger partial charge is 0.394 e. The molecule has 25 heavy (non-hydrogen) atoms. The fourth-order valence-electron chi connectivity index (χ4n) is 3.32. The lowest BCUT2D eigenvalue weighted by Crippen LogP contribution is -2.44. The van der Waals surface area contributed by atoms with Gasteiger partial charge in [-0.05, 0) is 6.92 Å². The summed E-state index contributed by atoms with van der Waals surface area (Å²) in [4.78, 5) is 30.0. The number of ether oxygens (including phenoxy) is 1. The summed E-state index contributed by atoms with van der Waals surface area (Å²) in [7, 11) is 0.